The molecule has 1 heteroatoms. The van der Waals surface area contributed by atoms with Gasteiger partial charge in [-0.2, -0.15) is 0 Å². The minimum absolute atomic E-state index is 0.185. The molecule has 0 spiro atoms. The fraction of sp³-hybridized carbons (Fsp3) is 0.700. The van der Waals surface area contributed by atoms with Gasteiger partial charge in [0.15, 0.2) is 5.78 Å². The summed E-state index contributed by atoms with van der Waals surface area (Å²) in [4.78, 5) is 10.9. The highest BCUT2D eigenvalue weighted by Crippen LogP contribution is 2.15. The van der Waals surface area contributed by atoms with E-state index in [0.29, 0.717) is 12.3 Å². The Bertz CT molecular complexity index is 127. The fourth-order valence-electron chi connectivity index (χ4n) is 1.23. The molecule has 0 aliphatic rings. The molecule has 0 heterocycles. The van der Waals surface area contributed by atoms with Crippen molar-refractivity contribution in [3.05, 3.63) is 12.7 Å². The number of allylic oxidation sites excluding steroid dienone is 1. The predicted octanol–water partition coefficient (Wildman–Crippen LogP) is 2.96. The molecule has 0 radical (unpaired) electrons. The van der Waals surface area contributed by atoms with E-state index >= 15 is 0 Å². The van der Waals surface area contributed by atoms with Crippen LogP contribution in [-0.4, -0.2) is 5.78 Å². The van der Waals surface area contributed by atoms with Crippen LogP contribution in [-0.2, 0) is 4.79 Å². The van der Waals surface area contributed by atoms with Gasteiger partial charge in [0.05, 0.1) is 0 Å². The monoisotopic (exact) mass is 154 g/mol. The largest absolute Gasteiger partial charge is 0.295 e. The second-order valence-electron chi connectivity index (χ2n) is 2.94. The molecule has 0 aliphatic carbocycles. The van der Waals surface area contributed by atoms with Gasteiger partial charge < -0.3 is 0 Å². The lowest BCUT2D eigenvalue weighted by molar-refractivity contribution is -0.115. The maximum atomic E-state index is 10.9. The van der Waals surface area contributed by atoms with Crippen LogP contribution in [0.25, 0.3) is 0 Å². The van der Waals surface area contributed by atoms with Gasteiger partial charge in [-0.25, -0.2) is 0 Å². The molecule has 0 bridgehead atoms. The van der Waals surface area contributed by atoms with Gasteiger partial charge in [0.2, 0.25) is 0 Å². The molecule has 0 fully saturated rings. The van der Waals surface area contributed by atoms with Crippen molar-refractivity contribution in [2.75, 3.05) is 0 Å². The molecule has 1 atom stereocenters. The normalized spacial score (nSPS) is 12.5. The lowest BCUT2D eigenvalue weighted by Gasteiger charge is -2.10. The zero-order chi connectivity index (χ0) is 8.69. The van der Waals surface area contributed by atoms with Crippen LogP contribution < -0.4 is 0 Å². The Morgan fingerprint density at radius 2 is 2.18 bits per heavy atom. The van der Waals surface area contributed by atoms with Crippen LogP contribution in [0, 0.1) is 5.92 Å². The molecule has 0 aliphatic heterocycles. The van der Waals surface area contributed by atoms with Crippen LogP contribution in [0.3, 0.4) is 0 Å². The Balaban J connectivity index is 3.67. The molecular formula is C10H18O. The Hall–Kier alpha value is -0.590. The zero-order valence-corrected chi connectivity index (χ0v) is 7.60. The highest BCUT2D eigenvalue weighted by atomic mass is 16.1. The van der Waals surface area contributed by atoms with Crippen molar-refractivity contribution in [2.24, 2.45) is 5.92 Å². The third-order valence-corrected chi connectivity index (χ3v) is 1.99. The van der Waals surface area contributed by atoms with Crippen LogP contribution in [0.15, 0.2) is 12.7 Å². The van der Waals surface area contributed by atoms with Crippen LogP contribution in [0.5, 0.6) is 0 Å². The Morgan fingerprint density at radius 3 is 2.55 bits per heavy atom. The van der Waals surface area contributed by atoms with Crippen molar-refractivity contribution in [1.82, 2.24) is 0 Å². The first kappa shape index (κ1) is 10.4. The van der Waals surface area contributed by atoms with Gasteiger partial charge >= 0.3 is 0 Å². The molecule has 0 amide bonds. The highest BCUT2D eigenvalue weighted by Gasteiger charge is 2.07. The maximum absolute atomic E-state index is 10.9. The molecule has 0 saturated heterocycles. The molecule has 1 nitrogen and oxygen atoms in total. The fourth-order valence-corrected chi connectivity index (χ4v) is 1.23. The Labute approximate surface area is 69.5 Å². The minimum atomic E-state index is 0.185. The SMILES string of the molecule is C=CC(=O)CC(CC)CCC. The van der Waals surface area contributed by atoms with Crippen molar-refractivity contribution in [1.29, 1.82) is 0 Å². The van der Waals surface area contributed by atoms with E-state index in [2.05, 4.69) is 20.4 Å². The number of hydrogen-bond acceptors (Lipinski definition) is 1. The van der Waals surface area contributed by atoms with Crippen LogP contribution >= 0.6 is 0 Å². The van der Waals surface area contributed by atoms with Gasteiger partial charge in [-0.05, 0) is 12.0 Å². The maximum Gasteiger partial charge on any atom is 0.155 e. The summed E-state index contributed by atoms with van der Waals surface area (Å²) in [6.45, 7) is 7.75. The summed E-state index contributed by atoms with van der Waals surface area (Å²) >= 11 is 0. The molecule has 0 aromatic rings. The molecular weight excluding hydrogens is 136 g/mol. The van der Waals surface area contributed by atoms with Crippen molar-refractivity contribution in [3.8, 4) is 0 Å². The minimum Gasteiger partial charge on any atom is -0.295 e. The van der Waals surface area contributed by atoms with E-state index in [-0.39, 0.29) is 5.78 Å². The van der Waals surface area contributed by atoms with Crippen LogP contribution in [0.1, 0.15) is 39.5 Å². The van der Waals surface area contributed by atoms with E-state index in [1.54, 1.807) is 0 Å². The van der Waals surface area contributed by atoms with Gasteiger partial charge in [0, 0.05) is 6.42 Å². The van der Waals surface area contributed by atoms with Crippen molar-refractivity contribution < 1.29 is 4.79 Å². The van der Waals surface area contributed by atoms with E-state index in [0.717, 1.165) is 12.8 Å². The summed E-state index contributed by atoms with van der Waals surface area (Å²) in [5.74, 6) is 0.760. The van der Waals surface area contributed by atoms with E-state index in [1.165, 1.54) is 12.5 Å². The van der Waals surface area contributed by atoms with Gasteiger partial charge in [-0.3, -0.25) is 4.79 Å². The van der Waals surface area contributed by atoms with E-state index in [1.807, 2.05) is 0 Å². The average Bonchev–Trinajstić information content (AvgIpc) is 2.03. The second kappa shape index (κ2) is 6.14. The summed E-state index contributed by atoms with van der Waals surface area (Å²) < 4.78 is 0. The van der Waals surface area contributed by atoms with Crippen molar-refractivity contribution >= 4 is 5.78 Å². The second-order valence-corrected chi connectivity index (χ2v) is 2.94. The first-order valence-corrected chi connectivity index (χ1v) is 4.39. The number of hydrogen-bond donors (Lipinski definition) is 0. The quantitative estimate of drug-likeness (QED) is 0.537. The summed E-state index contributed by atoms with van der Waals surface area (Å²) in [5, 5.41) is 0. The smallest absolute Gasteiger partial charge is 0.155 e. The van der Waals surface area contributed by atoms with Gasteiger partial charge in [-0.15, -0.1) is 0 Å². The molecule has 0 aromatic heterocycles. The standard InChI is InChI=1S/C10H18O/c1-4-7-9(5-2)8-10(11)6-3/h6,9H,3-5,7-8H2,1-2H3. The lowest BCUT2D eigenvalue weighted by atomic mass is 9.95. The highest BCUT2D eigenvalue weighted by molar-refractivity contribution is 5.89. The summed E-state index contributed by atoms with van der Waals surface area (Å²) in [6, 6.07) is 0. The zero-order valence-electron chi connectivity index (χ0n) is 7.60. The van der Waals surface area contributed by atoms with E-state index < -0.39 is 0 Å². The molecule has 64 valence electrons. The van der Waals surface area contributed by atoms with Gasteiger partial charge in [-0.1, -0.05) is 39.7 Å². The predicted molar refractivity (Wildman–Crippen MR) is 48.5 cm³/mol. The molecule has 0 saturated carbocycles. The molecule has 0 aromatic carbocycles. The van der Waals surface area contributed by atoms with Crippen molar-refractivity contribution in [3.63, 3.8) is 0 Å². The third kappa shape index (κ3) is 4.77. The number of ketones is 1. The number of carbonyl (C=O) groups excluding carboxylic acids is 1. The third-order valence-electron chi connectivity index (χ3n) is 1.99. The van der Waals surface area contributed by atoms with Gasteiger partial charge in [0.25, 0.3) is 0 Å². The first-order valence-electron chi connectivity index (χ1n) is 4.39. The molecule has 0 rings (SSSR count). The van der Waals surface area contributed by atoms with E-state index in [4.69, 9.17) is 0 Å². The van der Waals surface area contributed by atoms with E-state index in [9.17, 15) is 4.79 Å². The Morgan fingerprint density at radius 1 is 1.55 bits per heavy atom. The Kier molecular flexibility index (Phi) is 5.81. The number of rotatable bonds is 6. The van der Waals surface area contributed by atoms with Crippen LogP contribution in [0.2, 0.25) is 0 Å². The lowest BCUT2D eigenvalue weighted by Crippen LogP contribution is -2.04. The molecule has 1 unspecified atom stereocenters. The molecule has 11 heavy (non-hydrogen) atoms. The summed E-state index contributed by atoms with van der Waals surface area (Å²) in [6.07, 6.45) is 5.55. The topological polar surface area (TPSA) is 17.1 Å². The van der Waals surface area contributed by atoms with Crippen LogP contribution in [0.4, 0.5) is 0 Å². The number of carbonyl (C=O) groups is 1. The summed E-state index contributed by atoms with van der Waals surface area (Å²) in [5.41, 5.74) is 0. The molecule has 0 N–H and O–H groups in total. The van der Waals surface area contributed by atoms with Crippen molar-refractivity contribution in [2.45, 2.75) is 39.5 Å². The first-order chi connectivity index (χ1) is 5.24. The average molecular weight is 154 g/mol. The van der Waals surface area contributed by atoms with Gasteiger partial charge in [0.1, 0.15) is 0 Å². The summed E-state index contributed by atoms with van der Waals surface area (Å²) in [7, 11) is 0.